The van der Waals surface area contributed by atoms with Crippen molar-refractivity contribution in [3.05, 3.63) is 29.8 Å². The van der Waals surface area contributed by atoms with Crippen molar-refractivity contribution >= 4 is 12.6 Å². The van der Waals surface area contributed by atoms with Crippen molar-refractivity contribution in [3.8, 4) is 0 Å². The first-order valence-electron chi connectivity index (χ1n) is 4.15. The lowest BCUT2D eigenvalue weighted by molar-refractivity contribution is 0.00819. The van der Waals surface area contributed by atoms with E-state index in [0.29, 0.717) is 5.92 Å². The van der Waals surface area contributed by atoms with Gasteiger partial charge >= 0.3 is 6.68 Å². The molecule has 0 heterocycles. The fourth-order valence-electron chi connectivity index (χ4n) is 0.976. The Bertz CT molecular complexity index is 259. The predicted molar refractivity (Wildman–Crippen MR) is 54.9 cm³/mol. The van der Waals surface area contributed by atoms with Crippen molar-refractivity contribution < 1.29 is 13.2 Å². The van der Waals surface area contributed by atoms with Crippen molar-refractivity contribution in [1.29, 1.82) is 0 Å². The van der Waals surface area contributed by atoms with Crippen molar-refractivity contribution in [1.82, 2.24) is 0 Å². The van der Waals surface area contributed by atoms with Crippen LogP contribution in [0, 0.1) is 0 Å². The number of hydrogen-bond donors (Lipinski definition) is 1. The summed E-state index contributed by atoms with van der Waals surface area (Å²) in [4.78, 5) is 1.09. The van der Waals surface area contributed by atoms with Gasteiger partial charge in [0.15, 0.2) is 0 Å². The van der Waals surface area contributed by atoms with E-state index in [-0.39, 0.29) is 0 Å². The molecule has 14 heavy (non-hydrogen) atoms. The Balaban J connectivity index is 0.000000364. The molecule has 1 aromatic carbocycles. The van der Waals surface area contributed by atoms with Gasteiger partial charge in [0.05, 0.1) is 0 Å². The van der Waals surface area contributed by atoms with Crippen LogP contribution in [0.15, 0.2) is 29.2 Å². The molecule has 0 atom stereocenters. The zero-order valence-electron chi connectivity index (χ0n) is 8.05. The SMILES string of the molecule is CC(C)c1ccccc1S.FC(F)F. The van der Waals surface area contributed by atoms with Crippen LogP contribution in [-0.4, -0.2) is 6.68 Å². The molecule has 0 unspecified atom stereocenters. The highest BCUT2D eigenvalue weighted by molar-refractivity contribution is 7.80. The van der Waals surface area contributed by atoms with E-state index in [1.165, 1.54) is 5.56 Å². The predicted octanol–water partition coefficient (Wildman–Crippen LogP) is 4.28. The van der Waals surface area contributed by atoms with Gasteiger partial charge in [0.1, 0.15) is 0 Å². The maximum atomic E-state index is 9.67. The topological polar surface area (TPSA) is 0 Å². The van der Waals surface area contributed by atoms with Gasteiger partial charge in [-0.05, 0) is 17.5 Å². The quantitative estimate of drug-likeness (QED) is 0.674. The first-order chi connectivity index (χ1) is 6.45. The molecule has 0 saturated carbocycles. The number of rotatable bonds is 1. The van der Waals surface area contributed by atoms with E-state index in [1.54, 1.807) is 0 Å². The van der Waals surface area contributed by atoms with Crippen LogP contribution in [0.25, 0.3) is 0 Å². The number of benzene rings is 1. The van der Waals surface area contributed by atoms with Gasteiger partial charge in [-0.25, -0.2) is 0 Å². The molecule has 0 saturated heterocycles. The molecule has 0 amide bonds. The molecule has 0 aliphatic heterocycles. The molecule has 0 N–H and O–H groups in total. The van der Waals surface area contributed by atoms with Gasteiger partial charge in [-0.15, -0.1) is 12.6 Å². The molecule has 0 aromatic heterocycles. The van der Waals surface area contributed by atoms with Gasteiger partial charge in [0.2, 0.25) is 0 Å². The number of hydrogen-bond acceptors (Lipinski definition) is 1. The highest BCUT2D eigenvalue weighted by Gasteiger charge is 2.00. The van der Waals surface area contributed by atoms with E-state index in [0.717, 1.165) is 4.90 Å². The van der Waals surface area contributed by atoms with Crippen LogP contribution in [0.5, 0.6) is 0 Å². The Labute approximate surface area is 87.5 Å². The van der Waals surface area contributed by atoms with Crippen molar-refractivity contribution in [2.75, 3.05) is 0 Å². The van der Waals surface area contributed by atoms with Crippen molar-refractivity contribution in [3.63, 3.8) is 0 Å². The van der Waals surface area contributed by atoms with Gasteiger partial charge in [0, 0.05) is 4.90 Å². The number of halogens is 3. The minimum atomic E-state index is -3.67. The molecule has 0 radical (unpaired) electrons. The molecular weight excluding hydrogens is 209 g/mol. The van der Waals surface area contributed by atoms with Gasteiger partial charge < -0.3 is 0 Å². The van der Waals surface area contributed by atoms with E-state index in [2.05, 4.69) is 38.6 Å². The molecule has 0 aliphatic carbocycles. The van der Waals surface area contributed by atoms with Crippen LogP contribution in [-0.2, 0) is 0 Å². The lowest BCUT2D eigenvalue weighted by Crippen LogP contribution is -1.87. The summed E-state index contributed by atoms with van der Waals surface area (Å²) in [5.41, 5.74) is 1.32. The highest BCUT2D eigenvalue weighted by Crippen LogP contribution is 2.21. The highest BCUT2D eigenvalue weighted by atomic mass is 32.1. The van der Waals surface area contributed by atoms with E-state index in [9.17, 15) is 13.2 Å². The van der Waals surface area contributed by atoms with Gasteiger partial charge in [-0.3, -0.25) is 0 Å². The average Bonchev–Trinajstić information content (AvgIpc) is 2.03. The van der Waals surface area contributed by atoms with E-state index >= 15 is 0 Å². The summed E-state index contributed by atoms with van der Waals surface area (Å²) in [6.45, 7) is 0.685. The van der Waals surface area contributed by atoms with Crippen LogP contribution >= 0.6 is 12.6 Å². The van der Waals surface area contributed by atoms with E-state index in [4.69, 9.17) is 0 Å². The van der Waals surface area contributed by atoms with E-state index in [1.807, 2.05) is 12.1 Å². The minimum Gasteiger partial charge on any atom is -0.174 e. The second-order valence-corrected chi connectivity index (χ2v) is 3.44. The normalized spacial score (nSPS) is 10.0. The number of alkyl halides is 3. The standard InChI is InChI=1S/C9H12S.CHF3/c1-7(2)8-5-3-4-6-9(8)10;2-1(3)4/h3-7,10H,1-2H3;1H. The third-order valence-electron chi connectivity index (χ3n) is 1.56. The smallest absolute Gasteiger partial charge is 0.174 e. The zero-order valence-corrected chi connectivity index (χ0v) is 8.94. The molecule has 1 rings (SSSR count). The monoisotopic (exact) mass is 222 g/mol. The van der Waals surface area contributed by atoms with Crippen LogP contribution in [0.3, 0.4) is 0 Å². The van der Waals surface area contributed by atoms with Crippen LogP contribution in [0.2, 0.25) is 0 Å². The molecule has 80 valence electrons. The zero-order chi connectivity index (χ0) is 11.1. The van der Waals surface area contributed by atoms with Crippen LogP contribution in [0.4, 0.5) is 13.2 Å². The molecule has 4 heteroatoms. The molecule has 0 spiro atoms. The first kappa shape index (κ1) is 13.4. The molecule has 1 aromatic rings. The minimum absolute atomic E-state index is 0.577. The Morgan fingerprint density at radius 3 is 1.79 bits per heavy atom. The average molecular weight is 222 g/mol. The largest absolute Gasteiger partial charge is 0.379 e. The van der Waals surface area contributed by atoms with Gasteiger partial charge in [-0.1, -0.05) is 32.0 Å². The summed E-state index contributed by atoms with van der Waals surface area (Å²) < 4.78 is 29.0. The van der Waals surface area contributed by atoms with Crippen LogP contribution in [0.1, 0.15) is 25.3 Å². The van der Waals surface area contributed by atoms with Crippen LogP contribution < -0.4 is 0 Å². The molecular formula is C10H13F3S. The molecule has 0 nitrogen and oxygen atoms in total. The number of thiol groups is 1. The Morgan fingerprint density at radius 2 is 1.50 bits per heavy atom. The summed E-state index contributed by atoms with van der Waals surface area (Å²) >= 11 is 4.34. The lowest BCUT2D eigenvalue weighted by atomic mass is 10.0. The summed E-state index contributed by atoms with van der Waals surface area (Å²) in [5, 5.41) is 0. The third kappa shape index (κ3) is 5.91. The Morgan fingerprint density at radius 1 is 1.07 bits per heavy atom. The van der Waals surface area contributed by atoms with Gasteiger partial charge in [0.25, 0.3) is 0 Å². The van der Waals surface area contributed by atoms with Gasteiger partial charge in [-0.2, -0.15) is 13.2 Å². The Hall–Kier alpha value is -0.640. The third-order valence-corrected chi connectivity index (χ3v) is 1.97. The molecule has 0 bridgehead atoms. The fourth-order valence-corrected chi connectivity index (χ4v) is 1.39. The van der Waals surface area contributed by atoms with Crippen molar-refractivity contribution in [2.24, 2.45) is 0 Å². The van der Waals surface area contributed by atoms with Crippen molar-refractivity contribution in [2.45, 2.75) is 31.3 Å². The summed E-state index contributed by atoms with van der Waals surface area (Å²) in [5.74, 6) is 0.577. The second-order valence-electron chi connectivity index (χ2n) is 2.96. The summed E-state index contributed by atoms with van der Waals surface area (Å²) in [7, 11) is 0. The first-order valence-corrected chi connectivity index (χ1v) is 4.60. The maximum Gasteiger partial charge on any atom is 0.379 e. The Kier molecular flexibility index (Phi) is 6.45. The fraction of sp³-hybridized carbons (Fsp3) is 0.400. The second kappa shape index (κ2) is 6.76. The maximum absolute atomic E-state index is 9.67. The molecule has 0 fully saturated rings. The summed E-state index contributed by atoms with van der Waals surface area (Å²) in [6, 6.07) is 8.20. The summed E-state index contributed by atoms with van der Waals surface area (Å²) in [6.07, 6.45) is 0. The lowest BCUT2D eigenvalue weighted by Gasteiger charge is -2.06. The van der Waals surface area contributed by atoms with E-state index < -0.39 is 6.68 Å². The molecule has 0 aliphatic rings.